The topological polar surface area (TPSA) is 67.9 Å². The van der Waals surface area contributed by atoms with Gasteiger partial charge in [0.05, 0.1) is 6.61 Å². The minimum Gasteiger partial charge on any atom is -0.493 e. The number of hydrogen-bond acceptors (Lipinski definition) is 4. The monoisotopic (exact) mass is 346 g/mol. The van der Waals surface area contributed by atoms with Gasteiger partial charge in [0.15, 0.2) is 0 Å². The average Bonchev–Trinajstić information content (AvgIpc) is 3.00. The molecule has 1 fully saturated rings. The minimum absolute atomic E-state index is 0.0467. The normalized spacial score (nSPS) is 17.6. The molecule has 0 atom stereocenters. The molecule has 1 saturated heterocycles. The van der Waals surface area contributed by atoms with Crippen molar-refractivity contribution in [1.29, 1.82) is 0 Å². The van der Waals surface area contributed by atoms with Gasteiger partial charge in [0, 0.05) is 31.1 Å². The molecule has 2 aliphatic rings. The first-order chi connectivity index (χ1) is 11.8. The van der Waals surface area contributed by atoms with Crippen LogP contribution in [0.4, 0.5) is 4.79 Å². The number of likely N-dealkylation sites (tertiary alicyclic amines) is 1. The predicted molar refractivity (Wildman–Crippen MR) is 93.9 cm³/mol. The number of hydrogen-bond donors (Lipinski definition) is 1. The fraction of sp³-hybridized carbons (Fsp3) is 0.579. The van der Waals surface area contributed by atoms with Gasteiger partial charge in [-0.3, -0.25) is 4.79 Å². The zero-order valence-corrected chi connectivity index (χ0v) is 15.1. The van der Waals surface area contributed by atoms with E-state index in [9.17, 15) is 9.59 Å². The highest BCUT2D eigenvalue weighted by Crippen LogP contribution is 2.26. The van der Waals surface area contributed by atoms with Gasteiger partial charge in [-0.25, -0.2) is 4.79 Å². The van der Waals surface area contributed by atoms with E-state index in [-0.39, 0.29) is 11.9 Å². The van der Waals surface area contributed by atoms with E-state index in [0.29, 0.717) is 25.3 Å². The van der Waals surface area contributed by atoms with Crippen LogP contribution >= 0.6 is 0 Å². The lowest BCUT2D eigenvalue weighted by Gasteiger charge is -2.33. The molecule has 1 aromatic rings. The van der Waals surface area contributed by atoms with Crippen molar-refractivity contribution in [2.45, 2.75) is 51.7 Å². The Hall–Kier alpha value is -2.24. The summed E-state index contributed by atoms with van der Waals surface area (Å²) < 4.78 is 10.8. The van der Waals surface area contributed by atoms with E-state index in [1.807, 2.05) is 43.9 Å². The number of fused-ring (bicyclic) bond motifs is 1. The van der Waals surface area contributed by atoms with E-state index in [1.165, 1.54) is 0 Å². The second kappa shape index (κ2) is 6.94. The van der Waals surface area contributed by atoms with Crippen molar-refractivity contribution in [2.24, 2.45) is 0 Å². The number of nitrogens with zero attached hydrogens (tertiary/aromatic N) is 1. The van der Waals surface area contributed by atoms with Crippen LogP contribution in [0.5, 0.6) is 5.75 Å². The molecule has 6 nitrogen and oxygen atoms in total. The summed E-state index contributed by atoms with van der Waals surface area (Å²) in [5.74, 6) is 0.933. The van der Waals surface area contributed by atoms with Crippen molar-refractivity contribution >= 4 is 12.0 Å². The van der Waals surface area contributed by atoms with Crippen LogP contribution in [-0.2, 0) is 11.2 Å². The van der Waals surface area contributed by atoms with Crippen molar-refractivity contribution in [2.75, 3.05) is 19.7 Å². The number of nitrogens with one attached hydrogen (secondary N) is 1. The molecule has 0 radical (unpaired) electrons. The van der Waals surface area contributed by atoms with E-state index >= 15 is 0 Å². The summed E-state index contributed by atoms with van der Waals surface area (Å²) in [6.45, 7) is 7.48. The van der Waals surface area contributed by atoms with E-state index < -0.39 is 11.7 Å². The van der Waals surface area contributed by atoms with Crippen LogP contribution in [0.3, 0.4) is 0 Å². The maximum atomic E-state index is 12.7. The molecule has 3 rings (SSSR count). The summed E-state index contributed by atoms with van der Waals surface area (Å²) in [5, 5.41) is 2.89. The van der Waals surface area contributed by atoms with Crippen molar-refractivity contribution in [3.05, 3.63) is 29.3 Å². The number of ether oxygens (including phenoxy) is 2. The Balaban J connectivity index is 1.52. The molecule has 0 aromatic heterocycles. The zero-order valence-electron chi connectivity index (χ0n) is 15.1. The molecule has 1 aromatic carbocycles. The summed E-state index contributed by atoms with van der Waals surface area (Å²) in [5.41, 5.74) is 1.31. The van der Waals surface area contributed by atoms with Crippen LogP contribution < -0.4 is 10.1 Å². The molecule has 2 aliphatic heterocycles. The van der Waals surface area contributed by atoms with Crippen LogP contribution in [-0.4, -0.2) is 48.2 Å². The number of piperidine rings is 1. The van der Waals surface area contributed by atoms with E-state index in [4.69, 9.17) is 9.47 Å². The largest absolute Gasteiger partial charge is 0.493 e. The number of rotatable bonds is 2. The van der Waals surface area contributed by atoms with E-state index in [0.717, 1.165) is 30.6 Å². The first-order valence-electron chi connectivity index (χ1n) is 8.86. The lowest BCUT2D eigenvalue weighted by atomic mass is 10.0. The minimum atomic E-state index is -0.502. The highest BCUT2D eigenvalue weighted by atomic mass is 16.6. The number of benzene rings is 1. The molecule has 1 N–H and O–H groups in total. The third-order valence-electron chi connectivity index (χ3n) is 4.44. The number of carbonyl (C=O) groups excluding carboxylic acids is 2. The highest BCUT2D eigenvalue weighted by Gasteiger charge is 2.27. The van der Waals surface area contributed by atoms with Gasteiger partial charge >= 0.3 is 6.09 Å². The molecule has 0 saturated carbocycles. The smallest absolute Gasteiger partial charge is 0.407 e. The molecule has 136 valence electrons. The molecular weight excluding hydrogens is 320 g/mol. The van der Waals surface area contributed by atoms with Crippen LogP contribution in [0.15, 0.2) is 18.2 Å². The lowest BCUT2D eigenvalue weighted by molar-refractivity contribution is 0.0473. The maximum Gasteiger partial charge on any atom is 0.407 e. The first kappa shape index (κ1) is 17.6. The molecule has 2 amide bonds. The number of amides is 2. The Morgan fingerprint density at radius 2 is 1.96 bits per heavy atom. The van der Waals surface area contributed by atoms with Gasteiger partial charge < -0.3 is 19.7 Å². The van der Waals surface area contributed by atoms with Crippen LogP contribution in [0.2, 0.25) is 0 Å². The second-order valence-corrected chi connectivity index (χ2v) is 7.63. The van der Waals surface area contributed by atoms with Crippen molar-refractivity contribution < 1.29 is 19.1 Å². The SMILES string of the molecule is CC(C)(C)OC(=O)NC1CCN(C(=O)c2ccc3c(c2)CCO3)CC1. The third kappa shape index (κ3) is 4.44. The van der Waals surface area contributed by atoms with Crippen LogP contribution in [0, 0.1) is 0 Å². The van der Waals surface area contributed by atoms with Gasteiger partial charge in [0.1, 0.15) is 11.4 Å². The summed E-state index contributed by atoms with van der Waals surface area (Å²) in [4.78, 5) is 26.4. The molecule has 0 unspecified atom stereocenters. The predicted octanol–water partition coefficient (Wildman–Crippen LogP) is 2.75. The zero-order chi connectivity index (χ0) is 18.0. The summed E-state index contributed by atoms with van der Waals surface area (Å²) in [6.07, 6.45) is 1.94. The van der Waals surface area contributed by atoms with Gasteiger partial charge in [-0.05, 0) is 57.4 Å². The average molecular weight is 346 g/mol. The van der Waals surface area contributed by atoms with Gasteiger partial charge in [-0.2, -0.15) is 0 Å². The molecule has 0 spiro atoms. The van der Waals surface area contributed by atoms with Crippen LogP contribution in [0.25, 0.3) is 0 Å². The standard InChI is InChI=1S/C19H26N2O4/c1-19(2,3)25-18(23)20-15-6-9-21(10-7-15)17(22)14-4-5-16-13(12-14)8-11-24-16/h4-5,12,15H,6-11H2,1-3H3,(H,20,23). The number of carbonyl (C=O) groups is 2. The Kier molecular flexibility index (Phi) is 4.88. The van der Waals surface area contributed by atoms with Gasteiger partial charge in [0.25, 0.3) is 5.91 Å². The Morgan fingerprint density at radius 1 is 1.24 bits per heavy atom. The van der Waals surface area contributed by atoms with Crippen LogP contribution in [0.1, 0.15) is 49.5 Å². The fourth-order valence-electron chi connectivity index (χ4n) is 3.20. The molecule has 0 bridgehead atoms. The highest BCUT2D eigenvalue weighted by molar-refractivity contribution is 5.94. The summed E-state index contributed by atoms with van der Waals surface area (Å²) in [6, 6.07) is 5.70. The van der Waals surface area contributed by atoms with Gasteiger partial charge in [0.2, 0.25) is 0 Å². The summed E-state index contributed by atoms with van der Waals surface area (Å²) >= 11 is 0. The molecule has 2 heterocycles. The van der Waals surface area contributed by atoms with E-state index in [2.05, 4.69) is 5.32 Å². The molecule has 0 aliphatic carbocycles. The first-order valence-corrected chi connectivity index (χ1v) is 8.86. The summed E-state index contributed by atoms with van der Waals surface area (Å²) in [7, 11) is 0. The van der Waals surface area contributed by atoms with Crippen molar-refractivity contribution in [3.63, 3.8) is 0 Å². The maximum absolute atomic E-state index is 12.7. The fourth-order valence-corrected chi connectivity index (χ4v) is 3.20. The molecule has 6 heteroatoms. The lowest BCUT2D eigenvalue weighted by Crippen LogP contribution is -2.47. The van der Waals surface area contributed by atoms with Gasteiger partial charge in [-0.15, -0.1) is 0 Å². The van der Waals surface area contributed by atoms with Gasteiger partial charge in [-0.1, -0.05) is 0 Å². The Labute approximate surface area is 148 Å². The molecule has 25 heavy (non-hydrogen) atoms. The molecular formula is C19H26N2O4. The quantitative estimate of drug-likeness (QED) is 0.894. The Bertz CT molecular complexity index is 658. The number of alkyl carbamates (subject to hydrolysis) is 1. The van der Waals surface area contributed by atoms with E-state index in [1.54, 1.807) is 0 Å². The van der Waals surface area contributed by atoms with Crippen molar-refractivity contribution in [3.8, 4) is 5.75 Å². The third-order valence-corrected chi connectivity index (χ3v) is 4.44. The second-order valence-electron chi connectivity index (χ2n) is 7.63. The Morgan fingerprint density at radius 3 is 2.64 bits per heavy atom. The van der Waals surface area contributed by atoms with Crippen molar-refractivity contribution in [1.82, 2.24) is 10.2 Å².